The Morgan fingerprint density at radius 1 is 1.38 bits per heavy atom. The van der Waals surface area contributed by atoms with Crippen molar-refractivity contribution < 1.29 is 14.0 Å². The van der Waals surface area contributed by atoms with E-state index in [1.54, 1.807) is 19.1 Å². The molecule has 2 unspecified atom stereocenters. The summed E-state index contributed by atoms with van der Waals surface area (Å²) in [6.07, 6.45) is 0.528. The van der Waals surface area contributed by atoms with E-state index in [2.05, 4.69) is 21.2 Å². The smallest absolute Gasteiger partial charge is 0.250 e. The fraction of sp³-hybridized carbons (Fsp3) is 0.467. The van der Waals surface area contributed by atoms with Crippen molar-refractivity contribution in [2.24, 2.45) is 5.92 Å². The number of carbonyl (C=O) groups is 2. The normalized spacial score (nSPS) is 22.7. The Hall–Kier alpha value is -1.43. The summed E-state index contributed by atoms with van der Waals surface area (Å²) < 4.78 is 14.6. The van der Waals surface area contributed by atoms with Crippen LogP contribution in [-0.2, 0) is 9.59 Å². The molecule has 0 spiro atoms. The second-order valence-electron chi connectivity index (χ2n) is 5.65. The predicted octanol–water partition coefficient (Wildman–Crippen LogP) is 2.85. The molecule has 1 fully saturated rings. The van der Waals surface area contributed by atoms with Crippen molar-refractivity contribution in [1.29, 1.82) is 0 Å². The Kier molecular flexibility index (Phi) is 4.66. The monoisotopic (exact) mass is 356 g/mol. The first-order valence-corrected chi connectivity index (χ1v) is 7.69. The van der Waals surface area contributed by atoms with Crippen LogP contribution < -0.4 is 10.2 Å². The lowest BCUT2D eigenvalue weighted by molar-refractivity contribution is -0.133. The number of amides is 2. The molecular formula is C15H18BrFN2O2. The summed E-state index contributed by atoms with van der Waals surface area (Å²) in [5.74, 6) is -0.821. The molecule has 6 heteroatoms. The van der Waals surface area contributed by atoms with Gasteiger partial charge in [-0.3, -0.25) is 14.5 Å². The van der Waals surface area contributed by atoms with Crippen LogP contribution >= 0.6 is 15.9 Å². The lowest BCUT2D eigenvalue weighted by Crippen LogP contribution is -2.63. The number of halogens is 2. The molecule has 0 bridgehead atoms. The maximum atomic E-state index is 14.1. The first kappa shape index (κ1) is 15.9. The van der Waals surface area contributed by atoms with Gasteiger partial charge in [0.25, 0.3) is 0 Å². The predicted molar refractivity (Wildman–Crippen MR) is 82.4 cm³/mol. The second-order valence-corrected chi connectivity index (χ2v) is 6.50. The molecule has 1 aliphatic rings. The maximum Gasteiger partial charge on any atom is 0.250 e. The van der Waals surface area contributed by atoms with Gasteiger partial charge in [-0.15, -0.1) is 0 Å². The van der Waals surface area contributed by atoms with E-state index in [0.717, 1.165) is 0 Å². The van der Waals surface area contributed by atoms with Crippen LogP contribution in [0.4, 0.5) is 10.1 Å². The van der Waals surface area contributed by atoms with Gasteiger partial charge >= 0.3 is 0 Å². The number of carbonyl (C=O) groups excluding carboxylic acids is 2. The molecule has 1 aromatic rings. The average molecular weight is 357 g/mol. The van der Waals surface area contributed by atoms with Gasteiger partial charge in [-0.2, -0.15) is 0 Å². The molecular weight excluding hydrogens is 339 g/mol. The van der Waals surface area contributed by atoms with Crippen LogP contribution in [0.5, 0.6) is 0 Å². The third kappa shape index (κ3) is 3.10. The summed E-state index contributed by atoms with van der Waals surface area (Å²) in [5.41, 5.74) is 0.124. The molecule has 0 radical (unpaired) electrons. The van der Waals surface area contributed by atoms with Gasteiger partial charge < -0.3 is 5.32 Å². The number of rotatable bonds is 3. The SMILES string of the molecule is CC(C)CC1NC(=O)C(C)N(c2c(F)cccc2Br)C1=O. The maximum absolute atomic E-state index is 14.1. The van der Waals surface area contributed by atoms with Crippen molar-refractivity contribution in [3.8, 4) is 0 Å². The number of hydrogen-bond donors (Lipinski definition) is 1. The van der Waals surface area contributed by atoms with Crippen molar-refractivity contribution in [2.45, 2.75) is 39.3 Å². The zero-order chi connectivity index (χ0) is 15.7. The zero-order valence-electron chi connectivity index (χ0n) is 12.2. The lowest BCUT2D eigenvalue weighted by Gasteiger charge is -2.38. The molecule has 114 valence electrons. The van der Waals surface area contributed by atoms with Gasteiger partial charge in [-0.1, -0.05) is 19.9 Å². The highest BCUT2D eigenvalue weighted by atomic mass is 79.9. The zero-order valence-corrected chi connectivity index (χ0v) is 13.8. The minimum absolute atomic E-state index is 0.124. The van der Waals surface area contributed by atoms with E-state index < -0.39 is 17.9 Å². The number of piperazine rings is 1. The van der Waals surface area contributed by atoms with Crippen molar-refractivity contribution in [1.82, 2.24) is 5.32 Å². The fourth-order valence-corrected chi connectivity index (χ4v) is 3.02. The Morgan fingerprint density at radius 3 is 2.62 bits per heavy atom. The van der Waals surface area contributed by atoms with Crippen LogP contribution in [0, 0.1) is 11.7 Å². The van der Waals surface area contributed by atoms with E-state index in [1.807, 2.05) is 13.8 Å². The van der Waals surface area contributed by atoms with Gasteiger partial charge in [0, 0.05) is 4.47 Å². The molecule has 21 heavy (non-hydrogen) atoms. The van der Waals surface area contributed by atoms with Gasteiger partial charge in [-0.25, -0.2) is 4.39 Å². The third-order valence-electron chi connectivity index (χ3n) is 3.50. The molecule has 1 aromatic carbocycles. The van der Waals surface area contributed by atoms with Crippen molar-refractivity contribution in [2.75, 3.05) is 4.90 Å². The molecule has 2 atom stereocenters. The Bertz CT molecular complexity index is 557. The van der Waals surface area contributed by atoms with Crippen LogP contribution in [-0.4, -0.2) is 23.9 Å². The quantitative estimate of drug-likeness (QED) is 0.905. The summed E-state index contributed by atoms with van der Waals surface area (Å²) in [7, 11) is 0. The molecule has 0 saturated carbocycles. The summed E-state index contributed by atoms with van der Waals surface area (Å²) >= 11 is 3.26. The molecule has 1 saturated heterocycles. The first-order valence-electron chi connectivity index (χ1n) is 6.90. The minimum atomic E-state index is -0.742. The Labute approximate surface area is 131 Å². The molecule has 0 aromatic heterocycles. The van der Waals surface area contributed by atoms with Crippen LogP contribution in [0.25, 0.3) is 0 Å². The highest BCUT2D eigenvalue weighted by molar-refractivity contribution is 9.10. The molecule has 2 amide bonds. The topological polar surface area (TPSA) is 49.4 Å². The summed E-state index contributed by atoms with van der Waals surface area (Å²) in [6.45, 7) is 5.54. The number of benzene rings is 1. The van der Waals surface area contributed by atoms with E-state index in [4.69, 9.17) is 0 Å². The van der Waals surface area contributed by atoms with Crippen LogP contribution in [0.3, 0.4) is 0 Å². The second kappa shape index (κ2) is 6.13. The minimum Gasteiger partial charge on any atom is -0.342 e. The van der Waals surface area contributed by atoms with Gasteiger partial charge in [0.05, 0.1) is 5.69 Å². The highest BCUT2D eigenvalue weighted by Gasteiger charge is 2.40. The van der Waals surface area contributed by atoms with Gasteiger partial charge in [0.2, 0.25) is 11.8 Å². The van der Waals surface area contributed by atoms with Crippen molar-refractivity contribution >= 4 is 33.4 Å². The van der Waals surface area contributed by atoms with Crippen molar-refractivity contribution in [3.63, 3.8) is 0 Å². The number of nitrogens with zero attached hydrogens (tertiary/aromatic N) is 1. The van der Waals surface area contributed by atoms with E-state index in [9.17, 15) is 14.0 Å². The Balaban J connectivity index is 2.44. The molecule has 4 nitrogen and oxygen atoms in total. The summed E-state index contributed by atoms with van der Waals surface area (Å²) in [4.78, 5) is 26.0. The van der Waals surface area contributed by atoms with E-state index >= 15 is 0 Å². The molecule has 1 N–H and O–H groups in total. The van der Waals surface area contributed by atoms with Gasteiger partial charge in [-0.05, 0) is 47.3 Å². The van der Waals surface area contributed by atoms with E-state index in [-0.39, 0.29) is 23.4 Å². The summed E-state index contributed by atoms with van der Waals surface area (Å²) in [6, 6.07) is 3.13. The third-order valence-corrected chi connectivity index (χ3v) is 4.14. The largest absolute Gasteiger partial charge is 0.342 e. The Morgan fingerprint density at radius 2 is 2.05 bits per heavy atom. The molecule has 2 rings (SSSR count). The standard InChI is InChI=1S/C15H18BrFN2O2/c1-8(2)7-12-15(21)19(9(3)14(20)18-12)13-10(16)5-4-6-11(13)17/h4-6,8-9,12H,7H2,1-3H3,(H,18,20). The average Bonchev–Trinajstić information content (AvgIpc) is 2.39. The molecule has 1 aliphatic heterocycles. The highest BCUT2D eigenvalue weighted by Crippen LogP contribution is 2.33. The van der Waals surface area contributed by atoms with Gasteiger partial charge in [0.15, 0.2) is 0 Å². The van der Waals surface area contributed by atoms with E-state index in [1.165, 1.54) is 11.0 Å². The molecule has 0 aliphatic carbocycles. The number of anilines is 1. The fourth-order valence-electron chi connectivity index (χ4n) is 2.48. The number of hydrogen-bond acceptors (Lipinski definition) is 2. The van der Waals surface area contributed by atoms with Crippen LogP contribution in [0.15, 0.2) is 22.7 Å². The number of para-hydroxylation sites is 1. The van der Waals surface area contributed by atoms with E-state index in [0.29, 0.717) is 10.9 Å². The van der Waals surface area contributed by atoms with Crippen LogP contribution in [0.1, 0.15) is 27.2 Å². The van der Waals surface area contributed by atoms with Crippen molar-refractivity contribution in [3.05, 3.63) is 28.5 Å². The first-order chi connectivity index (χ1) is 9.82. The molecule has 1 heterocycles. The van der Waals surface area contributed by atoms with Crippen LogP contribution in [0.2, 0.25) is 0 Å². The van der Waals surface area contributed by atoms with Gasteiger partial charge in [0.1, 0.15) is 17.9 Å². The lowest BCUT2D eigenvalue weighted by atomic mass is 9.98. The number of nitrogens with one attached hydrogen (secondary N) is 1. The summed E-state index contributed by atoms with van der Waals surface area (Å²) in [5, 5.41) is 2.72.